The maximum Gasteiger partial charge on any atom is 0.222 e. The number of likely N-dealkylation sites (tertiary alicyclic amines) is 1. The Morgan fingerprint density at radius 3 is 2.52 bits per heavy atom. The summed E-state index contributed by atoms with van der Waals surface area (Å²) in [6.07, 6.45) is 4.27. The van der Waals surface area contributed by atoms with Crippen LogP contribution in [0.4, 0.5) is 14.5 Å². The second kappa shape index (κ2) is 7.72. The molecule has 7 heteroatoms. The van der Waals surface area contributed by atoms with Crippen LogP contribution < -0.4 is 10.2 Å². The largest absolute Gasteiger partial charge is 0.373 e. The van der Waals surface area contributed by atoms with Crippen molar-refractivity contribution < 1.29 is 18.3 Å². The third-order valence-electron chi connectivity index (χ3n) is 6.27. The normalized spacial score (nSPS) is 24.7. The molecule has 3 heterocycles. The average Bonchev–Trinajstić information content (AvgIpc) is 2.86. The Morgan fingerprint density at radius 2 is 1.81 bits per heavy atom. The van der Waals surface area contributed by atoms with Gasteiger partial charge in [0.1, 0.15) is 0 Å². The molecule has 3 aliphatic rings. The maximum absolute atomic E-state index is 13.5. The molecule has 0 unspecified atom stereocenters. The van der Waals surface area contributed by atoms with Crippen LogP contribution in [0.1, 0.15) is 32.1 Å². The van der Waals surface area contributed by atoms with E-state index in [1.54, 1.807) is 6.07 Å². The van der Waals surface area contributed by atoms with Gasteiger partial charge in [-0.05, 0) is 37.8 Å². The molecule has 3 saturated heterocycles. The van der Waals surface area contributed by atoms with Gasteiger partial charge in [0.15, 0.2) is 11.6 Å². The molecule has 0 aromatic heterocycles. The fourth-order valence-corrected chi connectivity index (χ4v) is 4.65. The number of hydrogen-bond acceptors (Lipinski definition) is 4. The summed E-state index contributed by atoms with van der Waals surface area (Å²) >= 11 is 0. The number of carbonyl (C=O) groups excluding carboxylic acids is 1. The SMILES string of the molecule is O=C1CC2(CCN(C3CCN(c4ccc(F)c(F)c4)CC3)CC2)OCCN1. The van der Waals surface area contributed by atoms with E-state index in [0.29, 0.717) is 25.6 Å². The van der Waals surface area contributed by atoms with E-state index in [1.165, 1.54) is 12.1 Å². The van der Waals surface area contributed by atoms with Gasteiger partial charge >= 0.3 is 0 Å². The molecule has 0 aliphatic carbocycles. The number of rotatable bonds is 2. The Hall–Kier alpha value is -1.73. The molecular weight excluding hydrogens is 352 g/mol. The van der Waals surface area contributed by atoms with Gasteiger partial charge in [-0.3, -0.25) is 4.79 Å². The zero-order valence-corrected chi connectivity index (χ0v) is 15.6. The van der Waals surface area contributed by atoms with Gasteiger partial charge in [0, 0.05) is 50.5 Å². The molecule has 1 amide bonds. The highest BCUT2D eigenvalue weighted by molar-refractivity contribution is 5.77. The number of carbonyl (C=O) groups is 1. The Bertz CT molecular complexity index is 684. The van der Waals surface area contributed by atoms with E-state index < -0.39 is 11.6 Å². The van der Waals surface area contributed by atoms with Crippen molar-refractivity contribution in [3.8, 4) is 0 Å². The molecule has 4 rings (SSSR count). The van der Waals surface area contributed by atoms with E-state index in [-0.39, 0.29) is 11.5 Å². The van der Waals surface area contributed by atoms with Crippen molar-refractivity contribution in [1.29, 1.82) is 0 Å². The standard InChI is InChI=1S/C20H27F2N3O2/c21-17-2-1-16(13-18(17)22)24-8-3-15(4-9-24)25-10-5-20(6-11-25)14-19(26)23-7-12-27-20/h1-2,13,15H,3-12,14H2,(H,23,26). The van der Waals surface area contributed by atoms with E-state index in [2.05, 4.69) is 15.1 Å². The van der Waals surface area contributed by atoms with Crippen molar-refractivity contribution in [1.82, 2.24) is 10.2 Å². The Labute approximate surface area is 158 Å². The van der Waals surface area contributed by atoms with Crippen LogP contribution in [0.15, 0.2) is 18.2 Å². The predicted octanol–water partition coefficient (Wildman–Crippen LogP) is 2.30. The van der Waals surface area contributed by atoms with E-state index >= 15 is 0 Å². The predicted molar refractivity (Wildman–Crippen MR) is 98.7 cm³/mol. The van der Waals surface area contributed by atoms with Gasteiger partial charge in [-0.1, -0.05) is 0 Å². The van der Waals surface area contributed by atoms with Gasteiger partial charge in [-0.25, -0.2) is 8.78 Å². The summed E-state index contributed by atoms with van der Waals surface area (Å²) < 4.78 is 32.7. The van der Waals surface area contributed by atoms with Gasteiger partial charge in [-0.15, -0.1) is 0 Å². The van der Waals surface area contributed by atoms with Crippen LogP contribution in [0.25, 0.3) is 0 Å². The van der Waals surface area contributed by atoms with Crippen LogP contribution in [0.3, 0.4) is 0 Å². The van der Waals surface area contributed by atoms with Gasteiger partial charge in [0.25, 0.3) is 0 Å². The van der Waals surface area contributed by atoms with Crippen molar-refractivity contribution in [3.63, 3.8) is 0 Å². The summed E-state index contributed by atoms with van der Waals surface area (Å²) in [5, 5.41) is 2.89. The molecule has 1 N–H and O–H groups in total. The molecule has 1 spiro atoms. The summed E-state index contributed by atoms with van der Waals surface area (Å²) in [5.74, 6) is -1.49. The minimum Gasteiger partial charge on any atom is -0.373 e. The first-order valence-corrected chi connectivity index (χ1v) is 9.89. The van der Waals surface area contributed by atoms with E-state index in [9.17, 15) is 13.6 Å². The molecule has 148 valence electrons. The van der Waals surface area contributed by atoms with Crippen LogP contribution in [0, 0.1) is 11.6 Å². The van der Waals surface area contributed by atoms with Crippen LogP contribution >= 0.6 is 0 Å². The van der Waals surface area contributed by atoms with Crippen molar-refractivity contribution in [3.05, 3.63) is 29.8 Å². The minimum atomic E-state index is -0.801. The summed E-state index contributed by atoms with van der Waals surface area (Å²) in [6.45, 7) is 4.78. The van der Waals surface area contributed by atoms with Crippen LogP contribution in [0.2, 0.25) is 0 Å². The molecule has 0 saturated carbocycles. The molecular formula is C20H27F2N3O2. The van der Waals surface area contributed by atoms with Crippen molar-refractivity contribution in [2.45, 2.75) is 43.7 Å². The minimum absolute atomic E-state index is 0.0980. The number of anilines is 1. The molecule has 5 nitrogen and oxygen atoms in total. The smallest absolute Gasteiger partial charge is 0.222 e. The highest BCUT2D eigenvalue weighted by Gasteiger charge is 2.40. The molecule has 27 heavy (non-hydrogen) atoms. The zero-order chi connectivity index (χ0) is 18.9. The van der Waals surface area contributed by atoms with Crippen LogP contribution in [0.5, 0.6) is 0 Å². The number of ether oxygens (including phenoxy) is 1. The fraction of sp³-hybridized carbons (Fsp3) is 0.650. The lowest BCUT2D eigenvalue weighted by Crippen LogP contribution is -2.52. The Morgan fingerprint density at radius 1 is 1.07 bits per heavy atom. The van der Waals surface area contributed by atoms with Gasteiger partial charge in [0.05, 0.1) is 18.6 Å². The molecule has 0 atom stereocenters. The van der Waals surface area contributed by atoms with Crippen LogP contribution in [-0.2, 0) is 9.53 Å². The van der Waals surface area contributed by atoms with E-state index in [4.69, 9.17) is 4.74 Å². The lowest BCUT2D eigenvalue weighted by molar-refractivity contribution is -0.129. The molecule has 0 bridgehead atoms. The first-order valence-electron chi connectivity index (χ1n) is 9.89. The molecule has 1 aromatic rings. The Kier molecular flexibility index (Phi) is 5.32. The number of halogens is 2. The third-order valence-corrected chi connectivity index (χ3v) is 6.27. The monoisotopic (exact) mass is 379 g/mol. The maximum atomic E-state index is 13.5. The number of benzene rings is 1. The summed E-state index contributed by atoms with van der Waals surface area (Å²) in [4.78, 5) is 16.5. The van der Waals surface area contributed by atoms with Crippen LogP contribution in [-0.4, -0.2) is 61.8 Å². The van der Waals surface area contributed by atoms with Crippen molar-refractivity contribution >= 4 is 11.6 Å². The van der Waals surface area contributed by atoms with E-state index in [0.717, 1.165) is 57.5 Å². The lowest BCUT2D eigenvalue weighted by atomic mass is 9.86. The highest BCUT2D eigenvalue weighted by atomic mass is 19.2. The number of piperidine rings is 2. The Balaban J connectivity index is 1.30. The number of nitrogens with one attached hydrogen (secondary N) is 1. The quantitative estimate of drug-likeness (QED) is 0.857. The average molecular weight is 379 g/mol. The van der Waals surface area contributed by atoms with E-state index in [1.807, 2.05) is 0 Å². The van der Waals surface area contributed by atoms with Crippen molar-refractivity contribution in [2.24, 2.45) is 0 Å². The number of hydrogen-bond donors (Lipinski definition) is 1. The zero-order valence-electron chi connectivity index (χ0n) is 15.6. The summed E-state index contributed by atoms with van der Waals surface area (Å²) in [7, 11) is 0. The number of amides is 1. The highest BCUT2D eigenvalue weighted by Crippen LogP contribution is 2.33. The van der Waals surface area contributed by atoms with Crippen molar-refractivity contribution in [2.75, 3.05) is 44.2 Å². The first-order chi connectivity index (χ1) is 13.0. The van der Waals surface area contributed by atoms with Gasteiger partial charge in [0.2, 0.25) is 5.91 Å². The number of nitrogens with zero attached hydrogens (tertiary/aromatic N) is 2. The third kappa shape index (κ3) is 4.09. The first kappa shape index (κ1) is 18.6. The van der Waals surface area contributed by atoms with Gasteiger partial charge < -0.3 is 19.9 Å². The fourth-order valence-electron chi connectivity index (χ4n) is 4.65. The topological polar surface area (TPSA) is 44.8 Å². The van der Waals surface area contributed by atoms with Gasteiger partial charge in [-0.2, -0.15) is 0 Å². The molecule has 1 aromatic carbocycles. The lowest BCUT2D eigenvalue weighted by Gasteiger charge is -2.45. The summed E-state index contributed by atoms with van der Waals surface area (Å²) in [5.41, 5.74) is 0.464. The summed E-state index contributed by atoms with van der Waals surface area (Å²) in [6, 6.07) is 4.64. The molecule has 3 fully saturated rings. The molecule has 0 radical (unpaired) electrons. The second-order valence-electron chi connectivity index (χ2n) is 7.91. The molecule has 3 aliphatic heterocycles. The second-order valence-corrected chi connectivity index (χ2v) is 7.91.